The molecule has 5 rings (SSSR count). The number of methoxy groups -OCH3 is 1. The van der Waals surface area contributed by atoms with Crippen LogP contribution in [-0.2, 0) is 23.9 Å². The van der Waals surface area contributed by atoms with Crippen molar-refractivity contribution in [3.8, 4) is 5.75 Å². The van der Waals surface area contributed by atoms with Crippen molar-refractivity contribution in [1.82, 2.24) is 5.32 Å². The van der Waals surface area contributed by atoms with Gasteiger partial charge in [0.15, 0.2) is 0 Å². The summed E-state index contributed by atoms with van der Waals surface area (Å²) in [6.45, 7) is 1.62. The molecule has 0 radical (unpaired) electrons. The molecule has 1 saturated heterocycles. The molecule has 1 fully saturated rings. The van der Waals surface area contributed by atoms with Crippen LogP contribution in [0.1, 0.15) is 16.7 Å². The van der Waals surface area contributed by atoms with E-state index in [0.717, 1.165) is 23.5 Å². The monoisotopic (exact) mass is 513 g/mol. The van der Waals surface area contributed by atoms with E-state index >= 15 is 0 Å². The van der Waals surface area contributed by atoms with Gasteiger partial charge in [0.05, 0.1) is 30.3 Å². The highest BCUT2D eigenvalue weighted by molar-refractivity contribution is 5.82. The predicted octanol–water partition coefficient (Wildman–Crippen LogP) is 5.04. The first-order valence-electron chi connectivity index (χ1n) is 12.1. The van der Waals surface area contributed by atoms with Crippen molar-refractivity contribution in [3.05, 3.63) is 89.2 Å². The molecule has 2 heterocycles. The maximum absolute atomic E-state index is 14.1. The number of nitrogens with zero attached hydrogens (tertiary/aromatic N) is 2. The van der Waals surface area contributed by atoms with Crippen LogP contribution in [0.3, 0.4) is 0 Å². The summed E-state index contributed by atoms with van der Waals surface area (Å²) >= 11 is 0. The number of rotatable bonds is 5. The summed E-state index contributed by atoms with van der Waals surface area (Å²) in [4.78, 5) is 17.7. The number of nitrogens with one attached hydrogen (secondary N) is 1. The summed E-state index contributed by atoms with van der Waals surface area (Å²) in [6.07, 6.45) is -4.32. The van der Waals surface area contributed by atoms with E-state index in [1.807, 2.05) is 29.2 Å². The van der Waals surface area contributed by atoms with Gasteiger partial charge in [-0.2, -0.15) is 13.2 Å². The molecule has 0 aliphatic carbocycles. The number of hydrogen-bond donors (Lipinski definition) is 1. The van der Waals surface area contributed by atoms with Crippen molar-refractivity contribution in [2.24, 2.45) is 5.92 Å². The minimum atomic E-state index is -4.48. The van der Waals surface area contributed by atoms with Gasteiger partial charge in [0.25, 0.3) is 0 Å². The molecule has 0 spiro atoms. The number of carbonyl (C=O) groups excluding carboxylic acids is 1. The van der Waals surface area contributed by atoms with Gasteiger partial charge in [-0.1, -0.05) is 30.3 Å². The molecule has 194 valence electrons. The van der Waals surface area contributed by atoms with Crippen LogP contribution >= 0.6 is 0 Å². The van der Waals surface area contributed by atoms with Crippen LogP contribution in [0.25, 0.3) is 0 Å². The van der Waals surface area contributed by atoms with Crippen LogP contribution in [-0.4, -0.2) is 38.7 Å². The second-order valence-corrected chi connectivity index (χ2v) is 9.34. The standard InChI is InChI=1S/C28H27F4N3O2/c1-37-26-9-5-4-8-24(26)34-12-13-35-23-11-10-20(28(30,31)32)14-19(23)15-21(25(35)17-34)27(36)33-16-18-6-2-3-7-22(18)29/h2-11,14,21,25H,12-13,15-17H2,1H3,(H,33,36). The van der Waals surface area contributed by atoms with E-state index in [1.165, 1.54) is 12.1 Å². The third kappa shape index (κ3) is 4.95. The third-order valence-electron chi connectivity index (χ3n) is 7.21. The Hall–Kier alpha value is -3.75. The Balaban J connectivity index is 1.46. The number of piperazine rings is 1. The Morgan fingerprint density at radius 1 is 1.03 bits per heavy atom. The van der Waals surface area contributed by atoms with Crippen LogP contribution in [0.5, 0.6) is 5.75 Å². The largest absolute Gasteiger partial charge is 0.495 e. The fourth-order valence-corrected chi connectivity index (χ4v) is 5.36. The lowest BCUT2D eigenvalue weighted by atomic mass is 9.82. The molecule has 5 nitrogen and oxygen atoms in total. The normalized spacial score (nSPS) is 19.2. The maximum Gasteiger partial charge on any atom is 0.416 e. The molecule has 2 aliphatic heterocycles. The minimum Gasteiger partial charge on any atom is -0.495 e. The highest BCUT2D eigenvalue weighted by Gasteiger charge is 2.43. The first kappa shape index (κ1) is 24.9. The van der Waals surface area contributed by atoms with Crippen LogP contribution in [0.2, 0.25) is 0 Å². The van der Waals surface area contributed by atoms with Gasteiger partial charge in [-0.3, -0.25) is 4.79 Å². The fraction of sp³-hybridized carbons (Fsp3) is 0.321. The molecule has 9 heteroatoms. The lowest BCUT2D eigenvalue weighted by Crippen LogP contribution is -2.61. The maximum atomic E-state index is 14.1. The van der Waals surface area contributed by atoms with E-state index in [9.17, 15) is 22.4 Å². The molecule has 3 aromatic rings. The van der Waals surface area contributed by atoms with Crippen LogP contribution in [0.4, 0.5) is 28.9 Å². The molecule has 37 heavy (non-hydrogen) atoms. The summed E-state index contributed by atoms with van der Waals surface area (Å²) in [5.74, 6) is -0.653. The number of para-hydroxylation sites is 2. The molecule has 1 amide bonds. The van der Waals surface area contributed by atoms with E-state index < -0.39 is 23.5 Å². The second-order valence-electron chi connectivity index (χ2n) is 9.34. The molecule has 0 saturated carbocycles. The quantitative estimate of drug-likeness (QED) is 0.486. The zero-order valence-electron chi connectivity index (χ0n) is 20.3. The number of anilines is 2. The second kappa shape index (κ2) is 9.95. The Morgan fingerprint density at radius 2 is 1.78 bits per heavy atom. The number of ether oxygens (including phenoxy) is 1. The first-order chi connectivity index (χ1) is 17.8. The number of fused-ring (bicyclic) bond motifs is 3. The van der Waals surface area contributed by atoms with Crippen molar-refractivity contribution >= 4 is 17.3 Å². The fourth-order valence-electron chi connectivity index (χ4n) is 5.36. The van der Waals surface area contributed by atoms with Crippen molar-refractivity contribution in [2.75, 3.05) is 36.5 Å². The number of halogens is 4. The molecule has 0 aromatic heterocycles. The Morgan fingerprint density at radius 3 is 2.54 bits per heavy atom. The summed E-state index contributed by atoms with van der Waals surface area (Å²) in [5.41, 5.74) is 1.72. The Kier molecular flexibility index (Phi) is 6.70. The topological polar surface area (TPSA) is 44.8 Å². The van der Waals surface area contributed by atoms with E-state index in [2.05, 4.69) is 10.2 Å². The lowest BCUT2D eigenvalue weighted by Gasteiger charge is -2.49. The van der Waals surface area contributed by atoms with Crippen molar-refractivity contribution in [1.29, 1.82) is 0 Å². The summed E-state index contributed by atoms with van der Waals surface area (Å²) < 4.78 is 60.0. The molecular formula is C28H27F4N3O2. The molecule has 0 bridgehead atoms. The first-order valence-corrected chi connectivity index (χ1v) is 12.1. The zero-order valence-corrected chi connectivity index (χ0v) is 20.3. The highest BCUT2D eigenvalue weighted by atomic mass is 19.4. The number of hydrogen-bond acceptors (Lipinski definition) is 4. The van der Waals surface area contributed by atoms with Crippen LogP contribution in [0.15, 0.2) is 66.7 Å². The molecule has 2 atom stereocenters. The smallest absolute Gasteiger partial charge is 0.416 e. The van der Waals surface area contributed by atoms with Crippen LogP contribution in [0, 0.1) is 11.7 Å². The van der Waals surface area contributed by atoms with E-state index in [-0.39, 0.29) is 24.9 Å². The molecular weight excluding hydrogens is 486 g/mol. The molecule has 3 aromatic carbocycles. The van der Waals surface area contributed by atoms with E-state index in [0.29, 0.717) is 36.5 Å². The average molecular weight is 514 g/mol. The van der Waals surface area contributed by atoms with Crippen LogP contribution < -0.4 is 19.9 Å². The SMILES string of the molecule is COc1ccccc1N1CCN2c3ccc(C(F)(F)F)cc3CC(C(=O)NCc3ccccc3F)C2C1. The van der Waals surface area contributed by atoms with Crippen molar-refractivity contribution in [3.63, 3.8) is 0 Å². The summed E-state index contributed by atoms with van der Waals surface area (Å²) in [6, 6.07) is 17.3. The van der Waals surface area contributed by atoms with Gasteiger partial charge < -0.3 is 19.9 Å². The molecule has 2 aliphatic rings. The van der Waals surface area contributed by atoms with Gasteiger partial charge in [0.1, 0.15) is 11.6 Å². The van der Waals surface area contributed by atoms with E-state index in [4.69, 9.17) is 4.74 Å². The van der Waals surface area contributed by atoms with Gasteiger partial charge in [-0.15, -0.1) is 0 Å². The van der Waals surface area contributed by atoms with Gasteiger partial charge in [-0.25, -0.2) is 4.39 Å². The van der Waals surface area contributed by atoms with Crippen molar-refractivity contribution in [2.45, 2.75) is 25.2 Å². The van der Waals surface area contributed by atoms with Gasteiger partial charge in [-0.05, 0) is 48.4 Å². The zero-order chi connectivity index (χ0) is 26.2. The van der Waals surface area contributed by atoms with Crippen molar-refractivity contribution < 1.29 is 27.1 Å². The van der Waals surface area contributed by atoms with Gasteiger partial charge in [0.2, 0.25) is 5.91 Å². The summed E-state index contributed by atoms with van der Waals surface area (Å²) in [7, 11) is 1.60. The predicted molar refractivity (Wildman–Crippen MR) is 133 cm³/mol. The molecule has 1 N–H and O–H groups in total. The van der Waals surface area contributed by atoms with Gasteiger partial charge >= 0.3 is 6.18 Å². The van der Waals surface area contributed by atoms with E-state index in [1.54, 1.807) is 25.3 Å². The Labute approximate surface area is 212 Å². The highest BCUT2D eigenvalue weighted by Crippen LogP contribution is 2.41. The molecule has 2 unspecified atom stereocenters. The number of alkyl halides is 3. The number of benzene rings is 3. The minimum absolute atomic E-state index is 0.000394. The Bertz CT molecular complexity index is 1300. The van der Waals surface area contributed by atoms with Gasteiger partial charge in [0, 0.05) is 37.4 Å². The third-order valence-corrected chi connectivity index (χ3v) is 7.21. The number of amides is 1. The number of carbonyl (C=O) groups is 1. The lowest BCUT2D eigenvalue weighted by molar-refractivity contribution is -0.137. The average Bonchev–Trinajstić information content (AvgIpc) is 2.90. The summed E-state index contributed by atoms with van der Waals surface area (Å²) in [5, 5.41) is 2.82.